The highest BCUT2D eigenvalue weighted by Gasteiger charge is 2.24. The number of hydrogen-bond donors (Lipinski definition) is 0. The smallest absolute Gasteiger partial charge is 0.231 e. The van der Waals surface area contributed by atoms with E-state index in [0.717, 1.165) is 33.8 Å². The maximum absolute atomic E-state index is 13.1. The van der Waals surface area contributed by atoms with Gasteiger partial charge >= 0.3 is 0 Å². The minimum absolute atomic E-state index is 0.0634. The first-order chi connectivity index (χ1) is 13.7. The molecular weight excluding hydrogens is 358 g/mol. The van der Waals surface area contributed by atoms with Gasteiger partial charge in [0.05, 0.1) is 0 Å². The number of Topliss-reactive ketones (excluding diaryl/α,β-unsaturated/α-hetero) is 1. The molecule has 5 rings (SSSR count). The molecule has 0 saturated carbocycles. The fourth-order valence-electron chi connectivity index (χ4n) is 3.62. The minimum Gasteiger partial charge on any atom is -0.454 e. The highest BCUT2D eigenvalue weighted by Crippen LogP contribution is 2.35. The average Bonchev–Trinajstić information content (AvgIpc) is 3.33. The largest absolute Gasteiger partial charge is 0.454 e. The molecule has 0 spiro atoms. The molecule has 3 aliphatic rings. The van der Waals surface area contributed by atoms with Gasteiger partial charge in [-0.2, -0.15) is 0 Å². The van der Waals surface area contributed by atoms with Crippen LogP contribution in [0.2, 0.25) is 0 Å². The fraction of sp³-hybridized carbons (Fsp3) is 0.227. The van der Waals surface area contributed by atoms with Gasteiger partial charge in [-0.15, -0.1) is 0 Å². The second-order valence-corrected chi connectivity index (χ2v) is 7.07. The van der Waals surface area contributed by atoms with Gasteiger partial charge in [-0.1, -0.05) is 12.1 Å². The summed E-state index contributed by atoms with van der Waals surface area (Å²) in [4.78, 5) is 15.2. The summed E-state index contributed by atoms with van der Waals surface area (Å²) in [5.74, 6) is 2.95. The molecule has 2 aromatic rings. The van der Waals surface area contributed by atoms with Crippen molar-refractivity contribution in [3.05, 3.63) is 58.7 Å². The lowest BCUT2D eigenvalue weighted by atomic mass is 9.94. The molecule has 1 saturated heterocycles. The van der Waals surface area contributed by atoms with Crippen LogP contribution in [-0.2, 0) is 4.79 Å². The molecule has 0 amide bonds. The number of ketones is 1. The third kappa shape index (κ3) is 3.12. The molecule has 0 aliphatic carbocycles. The van der Waals surface area contributed by atoms with Gasteiger partial charge in [0.1, 0.15) is 0 Å². The van der Waals surface area contributed by atoms with E-state index in [4.69, 9.17) is 18.9 Å². The summed E-state index contributed by atoms with van der Waals surface area (Å²) in [6.07, 6.45) is 3.85. The minimum atomic E-state index is 0.0634. The van der Waals surface area contributed by atoms with Gasteiger partial charge in [0, 0.05) is 24.2 Å². The van der Waals surface area contributed by atoms with E-state index in [0.29, 0.717) is 24.6 Å². The zero-order valence-electron chi connectivity index (χ0n) is 15.4. The van der Waals surface area contributed by atoms with Crippen LogP contribution >= 0.6 is 0 Å². The van der Waals surface area contributed by atoms with Crippen LogP contribution in [0.3, 0.4) is 0 Å². The molecule has 3 heterocycles. The van der Waals surface area contributed by atoms with E-state index in [-0.39, 0.29) is 19.4 Å². The number of likely N-dealkylation sites (N-methyl/N-ethyl adjacent to an activating group) is 1. The Kier molecular flexibility index (Phi) is 4.06. The Labute approximate surface area is 162 Å². The summed E-state index contributed by atoms with van der Waals surface area (Å²) in [6.45, 7) is 1.68. The molecule has 28 heavy (non-hydrogen) atoms. The van der Waals surface area contributed by atoms with E-state index in [1.807, 2.05) is 55.6 Å². The van der Waals surface area contributed by atoms with Crippen LogP contribution in [0.4, 0.5) is 0 Å². The van der Waals surface area contributed by atoms with Gasteiger partial charge in [0.15, 0.2) is 28.8 Å². The Morgan fingerprint density at radius 1 is 0.750 bits per heavy atom. The monoisotopic (exact) mass is 377 g/mol. The Bertz CT molecular complexity index is 944. The summed E-state index contributed by atoms with van der Waals surface area (Å²) in [7, 11) is 2.01. The number of fused-ring (bicyclic) bond motifs is 2. The molecule has 142 valence electrons. The first-order valence-electron chi connectivity index (χ1n) is 9.09. The Morgan fingerprint density at radius 2 is 1.21 bits per heavy atom. The van der Waals surface area contributed by atoms with Crippen molar-refractivity contribution in [1.29, 1.82) is 0 Å². The zero-order valence-corrected chi connectivity index (χ0v) is 15.4. The van der Waals surface area contributed by atoms with Crippen molar-refractivity contribution >= 4 is 17.9 Å². The van der Waals surface area contributed by atoms with Crippen LogP contribution in [0.1, 0.15) is 11.1 Å². The van der Waals surface area contributed by atoms with Crippen molar-refractivity contribution in [1.82, 2.24) is 4.90 Å². The summed E-state index contributed by atoms with van der Waals surface area (Å²) in [5, 5.41) is 0. The van der Waals surface area contributed by atoms with Crippen molar-refractivity contribution in [2.75, 3.05) is 33.7 Å². The maximum atomic E-state index is 13.1. The maximum Gasteiger partial charge on any atom is 0.231 e. The molecule has 0 aromatic heterocycles. The molecule has 2 aromatic carbocycles. The van der Waals surface area contributed by atoms with Crippen LogP contribution < -0.4 is 18.9 Å². The van der Waals surface area contributed by atoms with Crippen molar-refractivity contribution in [2.45, 2.75) is 0 Å². The van der Waals surface area contributed by atoms with Crippen molar-refractivity contribution in [3.63, 3.8) is 0 Å². The highest BCUT2D eigenvalue weighted by molar-refractivity contribution is 6.14. The Morgan fingerprint density at radius 3 is 1.71 bits per heavy atom. The van der Waals surface area contributed by atoms with Crippen LogP contribution in [0.25, 0.3) is 12.2 Å². The number of piperidine rings is 1. The molecule has 6 nitrogen and oxygen atoms in total. The molecule has 0 N–H and O–H groups in total. The third-order valence-corrected chi connectivity index (χ3v) is 4.94. The molecule has 0 atom stereocenters. The van der Waals surface area contributed by atoms with Gasteiger partial charge in [-0.25, -0.2) is 0 Å². The molecule has 0 unspecified atom stereocenters. The first kappa shape index (κ1) is 16.9. The number of rotatable bonds is 2. The predicted molar refractivity (Wildman–Crippen MR) is 104 cm³/mol. The Balaban J connectivity index is 1.45. The normalized spacial score (nSPS) is 21.0. The van der Waals surface area contributed by atoms with E-state index in [1.54, 1.807) is 0 Å². The number of ether oxygens (including phenoxy) is 4. The lowest BCUT2D eigenvalue weighted by Crippen LogP contribution is -2.34. The van der Waals surface area contributed by atoms with Crippen molar-refractivity contribution in [3.8, 4) is 23.0 Å². The number of hydrogen-bond acceptors (Lipinski definition) is 6. The van der Waals surface area contributed by atoms with E-state index >= 15 is 0 Å². The van der Waals surface area contributed by atoms with Gasteiger partial charge in [0.2, 0.25) is 13.6 Å². The third-order valence-electron chi connectivity index (χ3n) is 4.94. The second kappa shape index (κ2) is 6.73. The molecule has 0 bridgehead atoms. The summed E-state index contributed by atoms with van der Waals surface area (Å²) in [6, 6.07) is 11.4. The second-order valence-electron chi connectivity index (χ2n) is 7.07. The zero-order chi connectivity index (χ0) is 19.1. The van der Waals surface area contributed by atoms with Crippen molar-refractivity contribution in [2.24, 2.45) is 0 Å². The topological polar surface area (TPSA) is 57.2 Å². The lowest BCUT2D eigenvalue weighted by molar-refractivity contribution is -0.113. The van der Waals surface area contributed by atoms with E-state index in [9.17, 15) is 4.79 Å². The molecule has 3 aliphatic heterocycles. The molecule has 6 heteroatoms. The standard InChI is InChI=1S/C22H19NO5/c1-23-10-16(6-14-2-4-18-20(8-14)27-12-25-18)22(24)17(11-23)7-15-3-5-19-21(9-15)28-13-26-19/h2-9H,10-13H2,1H3/b16-6-,17-7+. The Hall–Kier alpha value is -3.25. The van der Waals surface area contributed by atoms with Crippen LogP contribution in [0.15, 0.2) is 47.5 Å². The van der Waals surface area contributed by atoms with Gasteiger partial charge in [-0.05, 0) is 54.6 Å². The average molecular weight is 377 g/mol. The van der Waals surface area contributed by atoms with Gasteiger partial charge < -0.3 is 18.9 Å². The summed E-state index contributed by atoms with van der Waals surface area (Å²) < 4.78 is 21.6. The van der Waals surface area contributed by atoms with Crippen LogP contribution in [0.5, 0.6) is 23.0 Å². The van der Waals surface area contributed by atoms with Gasteiger partial charge in [-0.3, -0.25) is 9.69 Å². The summed E-state index contributed by atoms with van der Waals surface area (Å²) in [5.41, 5.74) is 3.34. The van der Waals surface area contributed by atoms with E-state index in [1.165, 1.54) is 0 Å². The van der Waals surface area contributed by atoms with Crippen molar-refractivity contribution < 1.29 is 23.7 Å². The molecular formula is C22H19NO5. The van der Waals surface area contributed by atoms with Gasteiger partial charge in [0.25, 0.3) is 0 Å². The SMILES string of the molecule is CN1C/C(=C/c2ccc3c(c2)OCO3)C(=O)/C(=C/c2ccc3c(c2)OCO3)C1. The fourth-order valence-corrected chi connectivity index (χ4v) is 3.62. The molecule has 1 fully saturated rings. The predicted octanol–water partition coefficient (Wildman–Crippen LogP) is 3.13. The number of benzene rings is 2. The molecule has 0 radical (unpaired) electrons. The highest BCUT2D eigenvalue weighted by atomic mass is 16.7. The summed E-state index contributed by atoms with van der Waals surface area (Å²) >= 11 is 0. The number of carbonyl (C=O) groups excluding carboxylic acids is 1. The number of carbonyl (C=O) groups is 1. The van der Waals surface area contributed by atoms with Crippen LogP contribution in [-0.4, -0.2) is 44.4 Å². The number of likely N-dealkylation sites (tertiary alicyclic amines) is 1. The lowest BCUT2D eigenvalue weighted by Gasteiger charge is -2.26. The first-order valence-corrected chi connectivity index (χ1v) is 9.09. The number of nitrogens with zero attached hydrogens (tertiary/aromatic N) is 1. The van der Waals surface area contributed by atoms with E-state index in [2.05, 4.69) is 4.90 Å². The van der Waals surface area contributed by atoms with Crippen LogP contribution in [0, 0.1) is 0 Å². The quantitative estimate of drug-likeness (QED) is 0.750. The van der Waals surface area contributed by atoms with E-state index < -0.39 is 0 Å².